The van der Waals surface area contributed by atoms with Gasteiger partial charge in [-0.25, -0.2) is 4.79 Å². The highest BCUT2D eigenvalue weighted by Crippen LogP contribution is 2.43. The van der Waals surface area contributed by atoms with E-state index in [0.717, 1.165) is 11.0 Å². The Labute approximate surface area is 101 Å². The number of hydrogen-bond donors (Lipinski definition) is 2. The van der Waals surface area contributed by atoms with Crippen molar-refractivity contribution < 1.29 is 23.1 Å². The van der Waals surface area contributed by atoms with Crippen molar-refractivity contribution in [2.45, 2.75) is 11.8 Å². The van der Waals surface area contributed by atoms with Gasteiger partial charge in [-0.1, -0.05) is 18.2 Å². The number of β-amino-alcohol motifs (C(OH)–C–C–N with tert-alkyl or cyclic N) is 1. The maximum Gasteiger partial charge on any atom is 0.423 e. The molecule has 1 heterocycles. The Morgan fingerprint density at radius 1 is 1.39 bits per heavy atom. The van der Waals surface area contributed by atoms with Crippen LogP contribution in [0.15, 0.2) is 24.3 Å². The summed E-state index contributed by atoms with van der Waals surface area (Å²) < 4.78 is 39.2. The second-order valence-corrected chi connectivity index (χ2v) is 4.19. The van der Waals surface area contributed by atoms with Crippen molar-refractivity contribution in [1.29, 1.82) is 0 Å². The summed E-state index contributed by atoms with van der Waals surface area (Å²) in [7, 11) is 1.19. The molecule has 1 aromatic rings. The molecule has 1 aromatic carbocycles. The second-order valence-electron chi connectivity index (χ2n) is 4.19. The van der Waals surface area contributed by atoms with Crippen LogP contribution >= 0.6 is 0 Å². The molecule has 18 heavy (non-hydrogen) atoms. The molecule has 1 atom stereocenters. The van der Waals surface area contributed by atoms with Crippen LogP contribution in [-0.2, 0) is 5.60 Å². The maximum absolute atomic E-state index is 13.1. The first kappa shape index (κ1) is 12.7. The smallest absolute Gasteiger partial charge is 0.375 e. The van der Waals surface area contributed by atoms with Crippen molar-refractivity contribution in [1.82, 2.24) is 4.90 Å². The van der Waals surface area contributed by atoms with Crippen LogP contribution in [-0.4, -0.2) is 35.8 Å². The third kappa shape index (κ3) is 1.80. The summed E-state index contributed by atoms with van der Waals surface area (Å²) in [5, 5.41) is 12.3. The zero-order chi connectivity index (χ0) is 13.6. The number of likely N-dealkylation sites (N-methyl/N-ethyl adjacent to an activating group) is 1. The van der Waals surface area contributed by atoms with E-state index in [1.807, 2.05) is 0 Å². The van der Waals surface area contributed by atoms with Crippen molar-refractivity contribution in [3.05, 3.63) is 29.8 Å². The third-order valence-corrected chi connectivity index (χ3v) is 2.90. The molecule has 2 rings (SSSR count). The van der Waals surface area contributed by atoms with Crippen LogP contribution in [0.5, 0.6) is 0 Å². The van der Waals surface area contributed by atoms with Gasteiger partial charge in [0, 0.05) is 18.3 Å². The number of nitrogens with one attached hydrogen (secondary N) is 1. The zero-order valence-corrected chi connectivity index (χ0v) is 9.45. The fourth-order valence-electron chi connectivity index (χ4n) is 1.91. The Hall–Kier alpha value is -1.76. The number of fused-ring (bicyclic) bond motifs is 1. The molecule has 7 heteroatoms. The van der Waals surface area contributed by atoms with Gasteiger partial charge in [0.25, 0.3) is 0 Å². The molecule has 0 saturated heterocycles. The quantitative estimate of drug-likeness (QED) is 0.748. The minimum Gasteiger partial charge on any atom is -0.375 e. The number of nitrogens with zero attached hydrogens (tertiary/aromatic N) is 1. The number of benzene rings is 1. The predicted molar refractivity (Wildman–Crippen MR) is 58.0 cm³/mol. The lowest BCUT2D eigenvalue weighted by Gasteiger charge is -2.32. The highest BCUT2D eigenvalue weighted by atomic mass is 19.4. The number of halogens is 3. The van der Waals surface area contributed by atoms with Gasteiger partial charge in [-0.05, 0) is 6.07 Å². The number of alkyl halides is 3. The minimum atomic E-state index is -4.87. The van der Waals surface area contributed by atoms with Crippen molar-refractivity contribution in [2.24, 2.45) is 0 Å². The number of carbonyl (C=O) groups excluding carboxylic acids is 1. The molecule has 0 spiro atoms. The molecule has 98 valence electrons. The SMILES string of the molecule is CN1CC(O)(C(F)(F)F)c2ccccc2NC1=O. The third-order valence-electron chi connectivity index (χ3n) is 2.90. The molecule has 0 bridgehead atoms. The van der Waals surface area contributed by atoms with Gasteiger partial charge in [0.2, 0.25) is 5.60 Å². The van der Waals surface area contributed by atoms with E-state index in [0.29, 0.717) is 0 Å². The fraction of sp³-hybridized carbons (Fsp3) is 0.364. The van der Waals surface area contributed by atoms with E-state index in [1.54, 1.807) is 0 Å². The number of hydrogen-bond acceptors (Lipinski definition) is 2. The number of anilines is 1. The molecule has 0 radical (unpaired) electrons. The van der Waals surface area contributed by atoms with Gasteiger partial charge in [-0.15, -0.1) is 0 Å². The van der Waals surface area contributed by atoms with Crippen LogP contribution < -0.4 is 5.32 Å². The number of para-hydroxylation sites is 1. The van der Waals surface area contributed by atoms with Crippen LogP contribution in [0.3, 0.4) is 0 Å². The molecule has 1 aliphatic rings. The molecular weight excluding hydrogens is 249 g/mol. The molecule has 2 amide bonds. The zero-order valence-electron chi connectivity index (χ0n) is 9.45. The van der Waals surface area contributed by atoms with Gasteiger partial charge >= 0.3 is 12.2 Å². The fourth-order valence-corrected chi connectivity index (χ4v) is 1.91. The maximum atomic E-state index is 13.1. The van der Waals surface area contributed by atoms with Crippen LogP contribution in [0, 0.1) is 0 Å². The summed E-state index contributed by atoms with van der Waals surface area (Å²) in [6, 6.07) is 4.65. The predicted octanol–water partition coefficient (Wildman–Crippen LogP) is 1.91. The van der Waals surface area contributed by atoms with Crippen molar-refractivity contribution >= 4 is 11.7 Å². The molecular formula is C11H11F3N2O2. The number of rotatable bonds is 0. The lowest BCUT2D eigenvalue weighted by atomic mass is 9.91. The summed E-state index contributed by atoms with van der Waals surface area (Å²) in [4.78, 5) is 12.3. The standard InChI is InChI=1S/C11H11F3N2O2/c1-16-6-10(18,11(12,13)14)7-4-2-3-5-8(7)15-9(16)17/h2-5,18H,6H2,1H3,(H,15,17). The average molecular weight is 260 g/mol. The highest BCUT2D eigenvalue weighted by molar-refractivity contribution is 5.91. The largest absolute Gasteiger partial charge is 0.423 e. The molecule has 0 fully saturated rings. The van der Waals surface area contributed by atoms with Gasteiger partial charge in [0.05, 0.1) is 6.54 Å². The van der Waals surface area contributed by atoms with Gasteiger partial charge in [-0.2, -0.15) is 13.2 Å². The molecule has 0 aromatic heterocycles. The number of amides is 2. The molecule has 0 aliphatic carbocycles. The van der Waals surface area contributed by atoms with E-state index in [9.17, 15) is 23.1 Å². The summed E-state index contributed by atoms with van der Waals surface area (Å²) in [6.07, 6.45) is -4.87. The van der Waals surface area contributed by atoms with Crippen LogP contribution in [0.4, 0.5) is 23.7 Å². The number of urea groups is 1. The van der Waals surface area contributed by atoms with Crippen LogP contribution in [0.1, 0.15) is 5.56 Å². The van der Waals surface area contributed by atoms with Gasteiger partial charge in [0.1, 0.15) is 0 Å². The van der Waals surface area contributed by atoms with Crippen LogP contribution in [0.2, 0.25) is 0 Å². The van der Waals surface area contributed by atoms with E-state index in [-0.39, 0.29) is 11.3 Å². The number of aliphatic hydroxyl groups is 1. The summed E-state index contributed by atoms with van der Waals surface area (Å²) >= 11 is 0. The Kier molecular flexibility index (Phi) is 2.73. The van der Waals surface area contributed by atoms with Crippen molar-refractivity contribution in [3.63, 3.8) is 0 Å². The van der Waals surface area contributed by atoms with Gasteiger partial charge < -0.3 is 15.3 Å². The number of carbonyl (C=O) groups is 1. The lowest BCUT2D eigenvalue weighted by molar-refractivity contribution is -0.268. The first-order valence-corrected chi connectivity index (χ1v) is 5.16. The first-order chi connectivity index (χ1) is 8.25. The van der Waals surface area contributed by atoms with E-state index >= 15 is 0 Å². The van der Waals surface area contributed by atoms with E-state index in [2.05, 4.69) is 5.32 Å². The molecule has 2 N–H and O–H groups in total. The molecule has 1 unspecified atom stereocenters. The Balaban J connectivity index is 2.63. The minimum absolute atomic E-state index is 0.0355. The van der Waals surface area contributed by atoms with E-state index in [4.69, 9.17) is 0 Å². The normalized spacial score (nSPS) is 24.3. The van der Waals surface area contributed by atoms with E-state index < -0.39 is 24.4 Å². The Morgan fingerprint density at radius 3 is 2.61 bits per heavy atom. The topological polar surface area (TPSA) is 52.6 Å². The van der Waals surface area contributed by atoms with Crippen LogP contribution in [0.25, 0.3) is 0 Å². The van der Waals surface area contributed by atoms with Gasteiger partial charge in [0.15, 0.2) is 0 Å². The van der Waals surface area contributed by atoms with Gasteiger partial charge in [-0.3, -0.25) is 0 Å². The second kappa shape index (κ2) is 3.88. The highest BCUT2D eigenvalue weighted by Gasteiger charge is 2.57. The molecule has 1 aliphatic heterocycles. The lowest BCUT2D eigenvalue weighted by Crippen LogP contribution is -2.50. The van der Waals surface area contributed by atoms with Crippen molar-refractivity contribution in [3.8, 4) is 0 Å². The summed E-state index contributed by atoms with van der Waals surface area (Å²) in [5.74, 6) is 0. The Bertz CT molecular complexity index is 489. The molecule has 4 nitrogen and oxygen atoms in total. The van der Waals surface area contributed by atoms with Crippen molar-refractivity contribution in [2.75, 3.05) is 18.9 Å². The summed E-state index contributed by atoms with van der Waals surface area (Å²) in [5.41, 5.74) is -3.46. The first-order valence-electron chi connectivity index (χ1n) is 5.16. The monoisotopic (exact) mass is 260 g/mol. The molecule has 0 saturated carbocycles. The average Bonchev–Trinajstić information content (AvgIpc) is 2.36. The Morgan fingerprint density at radius 2 is 2.00 bits per heavy atom. The summed E-state index contributed by atoms with van der Waals surface area (Å²) in [6.45, 7) is -0.848. The van der Waals surface area contributed by atoms with E-state index in [1.165, 1.54) is 25.2 Å².